The van der Waals surface area contributed by atoms with E-state index in [1.807, 2.05) is 68.1 Å². The van der Waals surface area contributed by atoms with Crippen LogP contribution in [0.15, 0.2) is 72.2 Å². The van der Waals surface area contributed by atoms with Gasteiger partial charge in [0.15, 0.2) is 8.64 Å². The van der Waals surface area contributed by atoms with Crippen molar-refractivity contribution in [3.05, 3.63) is 72.2 Å². The lowest BCUT2D eigenvalue weighted by molar-refractivity contribution is 0.622. The molecule has 0 aromatic heterocycles. The van der Waals surface area contributed by atoms with Crippen molar-refractivity contribution in [1.29, 1.82) is 0 Å². The van der Waals surface area contributed by atoms with E-state index >= 15 is 0 Å². The second-order valence-electron chi connectivity index (χ2n) is 6.32. The van der Waals surface area contributed by atoms with Crippen molar-refractivity contribution >= 4 is 54.7 Å². The Hall–Kier alpha value is -1.08. The lowest BCUT2D eigenvalue weighted by Crippen LogP contribution is -2.24. The van der Waals surface area contributed by atoms with Crippen LogP contribution in [0.4, 0.5) is 0 Å². The molecule has 0 atom stereocenters. The zero-order chi connectivity index (χ0) is 22.4. The van der Waals surface area contributed by atoms with Crippen LogP contribution in [0.1, 0.15) is 47.0 Å². The first-order valence-corrected chi connectivity index (χ1v) is 12.6. The molecule has 0 radical (unpaired) electrons. The first-order chi connectivity index (χ1) is 13.7. The molecule has 6 heteroatoms. The van der Waals surface area contributed by atoms with Gasteiger partial charge in [-0.2, -0.15) is 0 Å². The first kappa shape index (κ1) is 27.9. The third kappa shape index (κ3) is 10.5. The van der Waals surface area contributed by atoms with Gasteiger partial charge in [0.2, 0.25) is 0 Å². The van der Waals surface area contributed by atoms with Crippen molar-refractivity contribution in [1.82, 2.24) is 9.80 Å². The highest BCUT2D eigenvalue weighted by Crippen LogP contribution is 2.32. The molecule has 29 heavy (non-hydrogen) atoms. The molecule has 2 nitrogen and oxygen atoms in total. The van der Waals surface area contributed by atoms with Crippen molar-refractivity contribution in [2.24, 2.45) is 0 Å². The SMILES string of the molecule is C=C(CC)CC(=CC=CC)N(C)C(=S)SSC(=S)N(C)C(=CC=CC)C(=C)CC. The maximum absolute atomic E-state index is 5.66. The molecule has 0 aromatic carbocycles. The van der Waals surface area contributed by atoms with Gasteiger partial charge >= 0.3 is 0 Å². The number of allylic oxidation sites excluding steroid dienone is 8. The fourth-order valence-electron chi connectivity index (χ4n) is 2.11. The maximum Gasteiger partial charge on any atom is 0.151 e. The molecular weight excluding hydrogens is 433 g/mol. The van der Waals surface area contributed by atoms with Crippen LogP contribution in [0.3, 0.4) is 0 Å². The topological polar surface area (TPSA) is 6.48 Å². The predicted molar refractivity (Wildman–Crippen MR) is 145 cm³/mol. The van der Waals surface area contributed by atoms with Crippen molar-refractivity contribution < 1.29 is 0 Å². The van der Waals surface area contributed by atoms with Gasteiger partial charge in [-0.25, -0.2) is 0 Å². The molecule has 0 aliphatic carbocycles. The van der Waals surface area contributed by atoms with Crippen LogP contribution >= 0.6 is 46.0 Å². The number of nitrogens with zero attached hydrogens (tertiary/aromatic N) is 2. The summed E-state index contributed by atoms with van der Waals surface area (Å²) in [6.45, 7) is 16.5. The molecule has 0 amide bonds. The summed E-state index contributed by atoms with van der Waals surface area (Å²) in [6.07, 6.45) is 14.8. The summed E-state index contributed by atoms with van der Waals surface area (Å²) in [7, 11) is 6.96. The molecule has 0 rings (SSSR count). The number of likely N-dealkylation sites (N-methyl/N-ethyl adjacent to an activating group) is 1. The average molecular weight is 467 g/mol. The second-order valence-corrected chi connectivity index (χ2v) is 9.71. The molecule has 160 valence electrons. The van der Waals surface area contributed by atoms with Crippen molar-refractivity contribution in [3.8, 4) is 0 Å². The zero-order valence-electron chi connectivity index (χ0n) is 18.5. The molecule has 0 N–H and O–H groups in total. The van der Waals surface area contributed by atoms with Crippen molar-refractivity contribution in [3.63, 3.8) is 0 Å². The zero-order valence-corrected chi connectivity index (χ0v) is 21.8. The Morgan fingerprint density at radius 2 is 1.38 bits per heavy atom. The van der Waals surface area contributed by atoms with E-state index in [9.17, 15) is 0 Å². The van der Waals surface area contributed by atoms with Gasteiger partial charge in [0, 0.05) is 31.9 Å². The summed E-state index contributed by atoms with van der Waals surface area (Å²) in [6, 6.07) is 0. The minimum Gasteiger partial charge on any atom is -0.333 e. The molecule has 0 saturated heterocycles. The van der Waals surface area contributed by atoms with Gasteiger partial charge < -0.3 is 9.80 Å². The van der Waals surface area contributed by atoms with Crippen LogP contribution in [0.5, 0.6) is 0 Å². The van der Waals surface area contributed by atoms with Gasteiger partial charge in [0.1, 0.15) is 0 Å². The lowest BCUT2D eigenvalue weighted by Gasteiger charge is -2.26. The highest BCUT2D eigenvalue weighted by Gasteiger charge is 2.16. The number of hydrogen-bond donors (Lipinski definition) is 0. The molecule has 0 aliphatic rings. The minimum absolute atomic E-state index is 0.744. The van der Waals surface area contributed by atoms with E-state index in [0.717, 1.165) is 44.9 Å². The third-order valence-electron chi connectivity index (χ3n) is 4.17. The van der Waals surface area contributed by atoms with Crippen LogP contribution in [0.25, 0.3) is 0 Å². The molecule has 0 aromatic rings. The van der Waals surface area contributed by atoms with Crippen LogP contribution < -0.4 is 0 Å². The standard InChI is InChI=1S/C23H34N2S4/c1-9-13-15-20(17-18(5)11-3)24(7)22(26)28-29-23(27)25(8)21(16-14-10-2)19(6)12-4/h9-10,13-16H,5-6,11-12,17H2,1-4,7-8H3. The molecule has 0 bridgehead atoms. The monoisotopic (exact) mass is 466 g/mol. The Kier molecular flexibility index (Phi) is 15.1. The van der Waals surface area contributed by atoms with E-state index in [4.69, 9.17) is 24.4 Å². The molecule has 0 aliphatic heterocycles. The maximum atomic E-state index is 5.66. The number of hydrogen-bond acceptors (Lipinski definition) is 4. The smallest absolute Gasteiger partial charge is 0.151 e. The van der Waals surface area contributed by atoms with E-state index in [1.54, 1.807) is 0 Å². The largest absolute Gasteiger partial charge is 0.333 e. The van der Waals surface area contributed by atoms with E-state index in [-0.39, 0.29) is 0 Å². The van der Waals surface area contributed by atoms with Gasteiger partial charge in [-0.05, 0) is 66.0 Å². The minimum atomic E-state index is 0.744. The molecule has 0 unspecified atom stereocenters. The second kappa shape index (κ2) is 15.7. The van der Waals surface area contributed by atoms with E-state index in [0.29, 0.717) is 0 Å². The van der Waals surface area contributed by atoms with Crippen LogP contribution in [-0.4, -0.2) is 32.5 Å². The Labute approximate surface area is 197 Å². The molecule has 0 heterocycles. The summed E-state index contributed by atoms with van der Waals surface area (Å²) in [5, 5.41) is 0. The summed E-state index contributed by atoms with van der Waals surface area (Å²) in [5.74, 6) is 0. The van der Waals surface area contributed by atoms with Gasteiger partial charge in [-0.3, -0.25) is 0 Å². The van der Waals surface area contributed by atoms with E-state index in [1.165, 1.54) is 27.2 Å². The van der Waals surface area contributed by atoms with Crippen molar-refractivity contribution in [2.45, 2.75) is 47.0 Å². The van der Waals surface area contributed by atoms with Gasteiger partial charge in [0.05, 0.1) is 0 Å². The predicted octanol–water partition coefficient (Wildman–Crippen LogP) is 8.04. The molecular formula is C23H34N2S4. The number of thiocarbonyl (C=S) groups is 2. The lowest BCUT2D eigenvalue weighted by atomic mass is 10.1. The fraction of sp³-hybridized carbons (Fsp3) is 0.391. The normalized spacial score (nSPS) is 12.5. The Balaban J connectivity index is 5.18. The molecule has 0 spiro atoms. The highest BCUT2D eigenvalue weighted by molar-refractivity contribution is 8.89. The quantitative estimate of drug-likeness (QED) is 0.146. The fourth-order valence-corrected chi connectivity index (χ4v) is 4.62. The summed E-state index contributed by atoms with van der Waals surface area (Å²) in [4.78, 5) is 4.04. The summed E-state index contributed by atoms with van der Waals surface area (Å²) in [5.41, 5.74) is 4.38. The van der Waals surface area contributed by atoms with Gasteiger partial charge in [0.25, 0.3) is 0 Å². The number of rotatable bonds is 9. The third-order valence-corrected chi connectivity index (χ3v) is 7.97. The van der Waals surface area contributed by atoms with Crippen molar-refractivity contribution in [2.75, 3.05) is 14.1 Å². The van der Waals surface area contributed by atoms with Gasteiger partial charge in [-0.1, -0.05) is 81.3 Å². The Morgan fingerprint density at radius 3 is 1.86 bits per heavy atom. The van der Waals surface area contributed by atoms with Crippen LogP contribution in [-0.2, 0) is 0 Å². The Morgan fingerprint density at radius 1 is 0.862 bits per heavy atom. The Bertz CT molecular complexity index is 714. The first-order valence-electron chi connectivity index (χ1n) is 9.62. The van der Waals surface area contributed by atoms with Gasteiger partial charge in [-0.15, -0.1) is 0 Å². The molecule has 0 saturated carbocycles. The summed E-state index contributed by atoms with van der Waals surface area (Å²) < 4.78 is 1.51. The van der Waals surface area contributed by atoms with E-state index in [2.05, 4.69) is 33.1 Å². The summed E-state index contributed by atoms with van der Waals surface area (Å²) >= 11 is 11.3. The highest BCUT2D eigenvalue weighted by atomic mass is 33.1. The van der Waals surface area contributed by atoms with E-state index < -0.39 is 0 Å². The molecule has 0 fully saturated rings. The van der Waals surface area contributed by atoms with Crippen LogP contribution in [0.2, 0.25) is 0 Å². The van der Waals surface area contributed by atoms with Crippen LogP contribution in [0, 0.1) is 0 Å². The average Bonchev–Trinajstić information content (AvgIpc) is 2.73.